The predicted octanol–water partition coefficient (Wildman–Crippen LogP) is 1.73. The fourth-order valence-electron chi connectivity index (χ4n) is 0.936. The van der Waals surface area contributed by atoms with Crippen LogP contribution < -0.4 is 0 Å². The topological polar surface area (TPSA) is 20.2 Å². The fourth-order valence-corrected chi connectivity index (χ4v) is 1.68. The lowest BCUT2D eigenvalue weighted by molar-refractivity contribution is 0.152. The van der Waals surface area contributed by atoms with E-state index in [2.05, 4.69) is 0 Å². The van der Waals surface area contributed by atoms with Crippen LogP contribution in [0.3, 0.4) is 0 Å². The minimum Gasteiger partial charge on any atom is -0.385 e. The molecule has 0 bridgehead atoms. The summed E-state index contributed by atoms with van der Waals surface area (Å²) in [6.45, 7) is 0. The third-order valence-corrected chi connectivity index (χ3v) is 2.47. The number of hydrogen-bond donors (Lipinski definition) is 1. The minimum atomic E-state index is -0.417. The maximum atomic E-state index is 9.50. The Bertz CT molecular complexity index is 199. The molecule has 0 spiro atoms. The summed E-state index contributed by atoms with van der Waals surface area (Å²) in [5, 5.41) is 13.5. The molecule has 0 saturated heterocycles. The van der Waals surface area contributed by atoms with E-state index < -0.39 is 5.60 Å². The van der Waals surface area contributed by atoms with Crippen LogP contribution in [0.1, 0.15) is 18.4 Å². The van der Waals surface area contributed by atoms with Gasteiger partial charge in [-0.2, -0.15) is 11.3 Å². The molecule has 0 aromatic carbocycles. The van der Waals surface area contributed by atoms with Gasteiger partial charge in [-0.1, -0.05) is 0 Å². The van der Waals surface area contributed by atoms with Crippen LogP contribution >= 0.6 is 11.3 Å². The lowest BCUT2D eigenvalue weighted by atomic mass is 10.2. The Morgan fingerprint density at radius 1 is 1.56 bits per heavy atom. The van der Waals surface area contributed by atoms with Crippen molar-refractivity contribution in [3.8, 4) is 0 Å². The van der Waals surface area contributed by atoms with Gasteiger partial charge in [-0.3, -0.25) is 0 Å². The highest BCUT2D eigenvalue weighted by molar-refractivity contribution is 7.08. The summed E-state index contributed by atoms with van der Waals surface area (Å²) in [6.07, 6.45) is 1.90. The van der Waals surface area contributed by atoms with Gasteiger partial charge in [0.25, 0.3) is 0 Å². The molecule has 1 fully saturated rings. The summed E-state index contributed by atoms with van der Waals surface area (Å²) < 4.78 is 0. The first-order valence-corrected chi connectivity index (χ1v) is 4.01. The maximum absolute atomic E-state index is 9.50. The van der Waals surface area contributed by atoms with Crippen LogP contribution in [-0.2, 0) is 5.60 Å². The summed E-state index contributed by atoms with van der Waals surface area (Å²) >= 11 is 1.65. The second-order valence-corrected chi connectivity index (χ2v) is 3.32. The van der Waals surface area contributed by atoms with Gasteiger partial charge in [0.15, 0.2) is 0 Å². The SMILES string of the molecule is OC1(c2ccsc2)CC1. The fraction of sp³-hybridized carbons (Fsp3) is 0.429. The van der Waals surface area contributed by atoms with Gasteiger partial charge < -0.3 is 5.11 Å². The van der Waals surface area contributed by atoms with E-state index in [0.717, 1.165) is 18.4 Å². The lowest BCUT2D eigenvalue weighted by Gasteiger charge is -2.00. The van der Waals surface area contributed by atoms with E-state index in [4.69, 9.17) is 0 Å². The first kappa shape index (κ1) is 5.45. The van der Waals surface area contributed by atoms with E-state index >= 15 is 0 Å². The van der Waals surface area contributed by atoms with Crippen molar-refractivity contribution in [2.45, 2.75) is 18.4 Å². The Morgan fingerprint density at radius 3 is 2.78 bits per heavy atom. The van der Waals surface area contributed by atoms with Gasteiger partial charge in [-0.05, 0) is 35.2 Å². The van der Waals surface area contributed by atoms with Crippen LogP contribution in [-0.4, -0.2) is 5.11 Å². The van der Waals surface area contributed by atoms with E-state index in [1.54, 1.807) is 11.3 Å². The van der Waals surface area contributed by atoms with Crippen LogP contribution in [0.4, 0.5) is 0 Å². The molecule has 1 aromatic heterocycles. The molecule has 1 aliphatic carbocycles. The summed E-state index contributed by atoms with van der Waals surface area (Å²) in [7, 11) is 0. The Labute approximate surface area is 58.0 Å². The summed E-state index contributed by atoms with van der Waals surface area (Å²) in [6, 6.07) is 2.00. The van der Waals surface area contributed by atoms with Gasteiger partial charge >= 0.3 is 0 Å². The Kier molecular flexibility index (Phi) is 0.957. The van der Waals surface area contributed by atoms with E-state index in [1.807, 2.05) is 16.8 Å². The molecule has 0 atom stereocenters. The van der Waals surface area contributed by atoms with E-state index in [9.17, 15) is 5.11 Å². The van der Waals surface area contributed by atoms with Crippen molar-refractivity contribution in [2.75, 3.05) is 0 Å². The first-order chi connectivity index (χ1) is 4.31. The van der Waals surface area contributed by atoms with Crippen molar-refractivity contribution in [1.82, 2.24) is 0 Å². The molecule has 1 heterocycles. The van der Waals surface area contributed by atoms with Crippen LogP contribution in [0.5, 0.6) is 0 Å². The second-order valence-electron chi connectivity index (χ2n) is 2.54. The monoisotopic (exact) mass is 140 g/mol. The Hall–Kier alpha value is -0.340. The molecule has 9 heavy (non-hydrogen) atoms. The maximum Gasteiger partial charge on any atom is 0.0907 e. The molecule has 0 unspecified atom stereocenters. The average molecular weight is 140 g/mol. The highest BCUT2D eigenvalue weighted by Gasteiger charge is 2.42. The van der Waals surface area contributed by atoms with E-state index in [0.29, 0.717) is 0 Å². The molecule has 1 aromatic rings. The summed E-state index contributed by atoms with van der Waals surface area (Å²) in [5.41, 5.74) is 0.688. The largest absolute Gasteiger partial charge is 0.385 e. The van der Waals surface area contributed by atoms with Gasteiger partial charge in [-0.15, -0.1) is 0 Å². The number of aliphatic hydroxyl groups is 1. The number of thiophene rings is 1. The zero-order chi connectivity index (χ0) is 6.32. The Balaban J connectivity index is 2.34. The van der Waals surface area contributed by atoms with E-state index in [1.165, 1.54) is 0 Å². The van der Waals surface area contributed by atoms with Crippen molar-refractivity contribution < 1.29 is 5.11 Å². The molecular formula is C7H8OS. The van der Waals surface area contributed by atoms with Crippen molar-refractivity contribution in [2.24, 2.45) is 0 Å². The molecule has 0 radical (unpaired) electrons. The summed E-state index contributed by atoms with van der Waals surface area (Å²) in [5.74, 6) is 0. The van der Waals surface area contributed by atoms with Gasteiger partial charge in [0.1, 0.15) is 0 Å². The van der Waals surface area contributed by atoms with Crippen LogP contribution in [0.2, 0.25) is 0 Å². The molecule has 0 amide bonds. The normalized spacial score (nSPS) is 21.9. The minimum absolute atomic E-state index is 0.417. The summed E-state index contributed by atoms with van der Waals surface area (Å²) in [4.78, 5) is 0. The third-order valence-electron chi connectivity index (χ3n) is 1.78. The molecule has 1 nitrogen and oxygen atoms in total. The van der Waals surface area contributed by atoms with Gasteiger partial charge in [0.05, 0.1) is 5.60 Å². The molecule has 1 aliphatic rings. The quantitative estimate of drug-likeness (QED) is 0.629. The molecule has 1 saturated carbocycles. The third kappa shape index (κ3) is 0.787. The molecule has 0 aliphatic heterocycles. The van der Waals surface area contributed by atoms with Crippen molar-refractivity contribution in [3.05, 3.63) is 22.4 Å². The van der Waals surface area contributed by atoms with Crippen LogP contribution in [0.25, 0.3) is 0 Å². The van der Waals surface area contributed by atoms with Crippen LogP contribution in [0.15, 0.2) is 16.8 Å². The average Bonchev–Trinajstić information content (AvgIpc) is 2.46. The van der Waals surface area contributed by atoms with Gasteiger partial charge in [0.2, 0.25) is 0 Å². The zero-order valence-corrected chi connectivity index (χ0v) is 5.82. The molecule has 48 valence electrons. The van der Waals surface area contributed by atoms with Gasteiger partial charge in [-0.25, -0.2) is 0 Å². The van der Waals surface area contributed by atoms with Crippen molar-refractivity contribution in [3.63, 3.8) is 0 Å². The zero-order valence-electron chi connectivity index (χ0n) is 5.00. The number of hydrogen-bond acceptors (Lipinski definition) is 2. The highest BCUT2D eigenvalue weighted by atomic mass is 32.1. The lowest BCUT2D eigenvalue weighted by Crippen LogP contribution is -2.00. The second kappa shape index (κ2) is 1.58. The predicted molar refractivity (Wildman–Crippen MR) is 37.4 cm³/mol. The molecular weight excluding hydrogens is 132 g/mol. The molecule has 1 N–H and O–H groups in total. The van der Waals surface area contributed by atoms with Crippen LogP contribution in [0, 0.1) is 0 Å². The van der Waals surface area contributed by atoms with E-state index in [-0.39, 0.29) is 0 Å². The Morgan fingerprint density at radius 2 is 2.33 bits per heavy atom. The molecule has 2 heteroatoms. The number of rotatable bonds is 1. The van der Waals surface area contributed by atoms with Crippen molar-refractivity contribution in [1.29, 1.82) is 0 Å². The standard InChI is InChI=1S/C7H8OS/c8-7(2-3-7)6-1-4-9-5-6/h1,4-5,8H,2-3H2. The van der Waals surface area contributed by atoms with Crippen molar-refractivity contribution >= 4 is 11.3 Å². The first-order valence-electron chi connectivity index (χ1n) is 3.06. The van der Waals surface area contributed by atoms with Gasteiger partial charge in [0, 0.05) is 0 Å². The smallest absolute Gasteiger partial charge is 0.0907 e. The highest BCUT2D eigenvalue weighted by Crippen LogP contribution is 2.45. The molecule has 2 rings (SSSR count).